The van der Waals surface area contributed by atoms with Crippen molar-refractivity contribution in [2.75, 3.05) is 0 Å². The highest BCUT2D eigenvalue weighted by molar-refractivity contribution is 5.95. The Morgan fingerprint density at radius 3 is 2.52 bits per heavy atom. The van der Waals surface area contributed by atoms with Crippen LogP contribution in [0.2, 0.25) is 0 Å². The minimum atomic E-state index is -0.169. The lowest BCUT2D eigenvalue weighted by atomic mass is 9.65. The van der Waals surface area contributed by atoms with Crippen LogP contribution in [0.15, 0.2) is 39.7 Å². The molecule has 2 N–H and O–H groups in total. The monoisotopic (exact) mass is 309 g/mol. The molecule has 2 bridgehead atoms. The van der Waals surface area contributed by atoms with Crippen molar-refractivity contribution >= 4 is 5.84 Å². The molecule has 3 fully saturated rings. The van der Waals surface area contributed by atoms with Crippen molar-refractivity contribution in [1.82, 2.24) is 21.0 Å². The van der Waals surface area contributed by atoms with Crippen molar-refractivity contribution in [3.63, 3.8) is 0 Å². The van der Waals surface area contributed by atoms with Crippen LogP contribution in [-0.2, 0) is 0 Å². The number of hydrogen-bond donors (Lipinski definition) is 2. The number of hydrazine groups is 1. The third-order valence-electron chi connectivity index (χ3n) is 5.48. The summed E-state index contributed by atoms with van der Waals surface area (Å²) in [5.41, 5.74) is 7.36. The van der Waals surface area contributed by atoms with Crippen LogP contribution in [0.25, 0.3) is 11.5 Å². The van der Waals surface area contributed by atoms with Crippen LogP contribution in [0.3, 0.4) is 0 Å². The second kappa shape index (κ2) is 4.89. The SMILES string of the molecule is c1ccc(-c2nnc(C3=N[C@]4(CC5CCC4CC5)NN3)o2)cc1. The maximum Gasteiger partial charge on any atom is 0.284 e. The maximum atomic E-state index is 5.81. The summed E-state index contributed by atoms with van der Waals surface area (Å²) >= 11 is 0. The second-order valence-electron chi connectivity index (χ2n) is 6.83. The van der Waals surface area contributed by atoms with Gasteiger partial charge in [-0.25, -0.2) is 10.4 Å². The molecule has 0 radical (unpaired) electrons. The molecule has 23 heavy (non-hydrogen) atoms. The Kier molecular flexibility index (Phi) is 2.82. The lowest BCUT2D eigenvalue weighted by Crippen LogP contribution is -2.56. The Morgan fingerprint density at radius 1 is 1.00 bits per heavy atom. The van der Waals surface area contributed by atoms with Crippen LogP contribution >= 0.6 is 0 Å². The summed E-state index contributed by atoms with van der Waals surface area (Å²) < 4.78 is 5.81. The molecule has 1 atom stereocenters. The van der Waals surface area contributed by atoms with Crippen molar-refractivity contribution in [1.29, 1.82) is 0 Å². The van der Waals surface area contributed by atoms with Crippen molar-refractivity contribution in [2.45, 2.75) is 37.8 Å². The minimum absolute atomic E-state index is 0.169. The molecule has 2 aromatic rings. The highest BCUT2D eigenvalue weighted by Crippen LogP contribution is 2.48. The zero-order chi connectivity index (χ0) is 15.3. The lowest BCUT2D eigenvalue weighted by molar-refractivity contribution is 0.0506. The largest absolute Gasteiger partial charge is 0.413 e. The van der Waals surface area contributed by atoms with Crippen LogP contribution < -0.4 is 10.9 Å². The summed E-state index contributed by atoms with van der Waals surface area (Å²) in [7, 11) is 0. The number of aliphatic imine (C=N–C) groups is 1. The highest BCUT2D eigenvalue weighted by atomic mass is 16.4. The molecule has 3 aliphatic carbocycles. The van der Waals surface area contributed by atoms with Crippen LogP contribution in [0.1, 0.15) is 38.0 Å². The zero-order valence-corrected chi connectivity index (χ0v) is 12.8. The van der Waals surface area contributed by atoms with Crippen LogP contribution in [-0.4, -0.2) is 21.7 Å². The Balaban J connectivity index is 1.45. The highest BCUT2D eigenvalue weighted by Gasteiger charge is 2.50. The molecule has 0 unspecified atom stereocenters. The van der Waals surface area contributed by atoms with Crippen LogP contribution in [0.5, 0.6) is 0 Å². The molecule has 1 aromatic heterocycles. The second-order valence-corrected chi connectivity index (χ2v) is 6.83. The average molecular weight is 309 g/mol. The first-order valence-corrected chi connectivity index (χ1v) is 8.35. The van der Waals surface area contributed by atoms with Gasteiger partial charge in [0.1, 0.15) is 5.66 Å². The fraction of sp³-hybridized carbons (Fsp3) is 0.471. The fourth-order valence-electron chi connectivity index (χ4n) is 4.28. The number of rotatable bonds is 2. The summed E-state index contributed by atoms with van der Waals surface area (Å²) in [4.78, 5) is 4.94. The van der Waals surface area contributed by atoms with E-state index >= 15 is 0 Å². The molecular weight excluding hydrogens is 290 g/mol. The Hall–Kier alpha value is -2.21. The van der Waals surface area contributed by atoms with E-state index in [-0.39, 0.29) is 5.66 Å². The van der Waals surface area contributed by atoms with E-state index in [0.717, 1.165) is 17.9 Å². The van der Waals surface area contributed by atoms with E-state index in [0.29, 0.717) is 23.5 Å². The third kappa shape index (κ3) is 2.09. The molecule has 1 aromatic carbocycles. The number of hydrogen-bond acceptors (Lipinski definition) is 6. The molecule has 118 valence electrons. The van der Waals surface area contributed by atoms with Gasteiger partial charge >= 0.3 is 0 Å². The first-order valence-electron chi connectivity index (χ1n) is 8.35. The molecule has 6 rings (SSSR count). The van der Waals surface area contributed by atoms with Gasteiger partial charge in [-0.05, 0) is 56.1 Å². The van der Waals surface area contributed by atoms with E-state index in [4.69, 9.17) is 9.41 Å². The summed E-state index contributed by atoms with van der Waals surface area (Å²) in [5, 5.41) is 8.31. The predicted octanol–water partition coefficient (Wildman–Crippen LogP) is 2.50. The summed E-state index contributed by atoms with van der Waals surface area (Å²) in [6, 6.07) is 9.80. The molecule has 2 heterocycles. The Labute approximate surface area is 134 Å². The van der Waals surface area contributed by atoms with Gasteiger partial charge in [0.25, 0.3) is 5.89 Å². The normalized spacial score (nSPS) is 32.1. The number of amidine groups is 1. The van der Waals surface area contributed by atoms with Gasteiger partial charge < -0.3 is 4.42 Å². The standard InChI is InChI=1S/C17H19N5O/c1-2-4-12(5-3-1)15-20-21-16(23-15)14-18-17(22-19-14)10-11-6-8-13(17)9-7-11/h1-5,11,13,22H,6-10H2,(H,18,19)/t11?,13?,17-/m1/s1. The molecule has 0 amide bonds. The molecule has 4 aliphatic rings. The van der Waals surface area contributed by atoms with Gasteiger partial charge in [-0.15, -0.1) is 10.2 Å². The predicted molar refractivity (Wildman–Crippen MR) is 85.3 cm³/mol. The first-order chi connectivity index (χ1) is 11.3. The van der Waals surface area contributed by atoms with Gasteiger partial charge in [0.05, 0.1) is 0 Å². The quantitative estimate of drug-likeness (QED) is 0.891. The van der Waals surface area contributed by atoms with E-state index in [2.05, 4.69) is 21.0 Å². The third-order valence-corrected chi connectivity index (χ3v) is 5.48. The van der Waals surface area contributed by atoms with E-state index in [1.54, 1.807) is 0 Å². The molecule has 1 aliphatic heterocycles. The van der Waals surface area contributed by atoms with Crippen molar-refractivity contribution in [3.8, 4) is 11.5 Å². The Bertz CT molecular complexity index is 747. The van der Waals surface area contributed by atoms with Crippen molar-refractivity contribution in [2.24, 2.45) is 16.8 Å². The molecule has 1 spiro atoms. The Morgan fingerprint density at radius 2 is 1.78 bits per heavy atom. The number of aromatic nitrogens is 2. The van der Waals surface area contributed by atoms with E-state index in [9.17, 15) is 0 Å². The summed E-state index contributed by atoms with van der Waals surface area (Å²) in [6.45, 7) is 0. The van der Waals surface area contributed by atoms with E-state index in [1.807, 2.05) is 30.3 Å². The van der Waals surface area contributed by atoms with Gasteiger partial charge in [0.2, 0.25) is 11.7 Å². The molecule has 6 heteroatoms. The van der Waals surface area contributed by atoms with Gasteiger partial charge in [0.15, 0.2) is 0 Å². The van der Waals surface area contributed by atoms with Crippen LogP contribution in [0, 0.1) is 11.8 Å². The maximum absolute atomic E-state index is 5.81. The minimum Gasteiger partial charge on any atom is -0.413 e. The van der Waals surface area contributed by atoms with Gasteiger partial charge in [0, 0.05) is 5.56 Å². The van der Waals surface area contributed by atoms with Gasteiger partial charge in [-0.2, -0.15) is 0 Å². The topological polar surface area (TPSA) is 75.3 Å². The zero-order valence-electron chi connectivity index (χ0n) is 12.8. The van der Waals surface area contributed by atoms with Gasteiger partial charge in [-0.3, -0.25) is 5.43 Å². The number of benzene rings is 1. The number of nitrogens with one attached hydrogen (secondary N) is 2. The lowest BCUT2D eigenvalue weighted by Gasteiger charge is -2.47. The molecule has 3 saturated carbocycles. The first kappa shape index (κ1) is 13.2. The smallest absolute Gasteiger partial charge is 0.284 e. The number of fused-ring (bicyclic) bond motifs is 2. The van der Waals surface area contributed by atoms with Gasteiger partial charge in [-0.1, -0.05) is 18.2 Å². The van der Waals surface area contributed by atoms with E-state index < -0.39 is 0 Å². The van der Waals surface area contributed by atoms with E-state index in [1.165, 1.54) is 25.7 Å². The van der Waals surface area contributed by atoms with Crippen molar-refractivity contribution < 1.29 is 4.42 Å². The van der Waals surface area contributed by atoms with Crippen LogP contribution in [0.4, 0.5) is 0 Å². The molecule has 0 saturated heterocycles. The van der Waals surface area contributed by atoms with Crippen molar-refractivity contribution in [3.05, 3.63) is 36.2 Å². The fourth-order valence-corrected chi connectivity index (χ4v) is 4.28. The average Bonchev–Trinajstić information content (AvgIpc) is 3.25. The summed E-state index contributed by atoms with van der Waals surface area (Å²) in [5.74, 6) is 3.05. The molecular formula is C17H19N5O. The molecule has 6 nitrogen and oxygen atoms in total. The number of nitrogens with zero attached hydrogens (tertiary/aromatic N) is 3. The summed E-state index contributed by atoms with van der Waals surface area (Å²) in [6.07, 6.45) is 6.31.